The lowest BCUT2D eigenvalue weighted by atomic mass is 9.87. The predicted molar refractivity (Wildman–Crippen MR) is 91.1 cm³/mol. The molecule has 4 rings (SSSR count). The Morgan fingerprint density at radius 1 is 1.39 bits per heavy atom. The van der Waals surface area contributed by atoms with E-state index in [1.54, 1.807) is 17.5 Å². The fourth-order valence-electron chi connectivity index (χ4n) is 3.08. The number of fused-ring (bicyclic) bond motifs is 3. The topological polar surface area (TPSA) is 79.4 Å². The van der Waals surface area contributed by atoms with Gasteiger partial charge in [0, 0.05) is 33.9 Å². The lowest BCUT2D eigenvalue weighted by Gasteiger charge is -2.20. The molecule has 1 aliphatic carbocycles. The molecule has 6 nitrogen and oxygen atoms in total. The van der Waals surface area contributed by atoms with Gasteiger partial charge in [0.15, 0.2) is 5.13 Å². The van der Waals surface area contributed by atoms with Crippen molar-refractivity contribution in [1.82, 2.24) is 25.1 Å². The van der Waals surface area contributed by atoms with Gasteiger partial charge in [0.05, 0.1) is 11.9 Å². The summed E-state index contributed by atoms with van der Waals surface area (Å²) < 4.78 is 0. The van der Waals surface area contributed by atoms with Gasteiger partial charge in [-0.1, -0.05) is 13.3 Å². The number of hydrogen-bond acceptors (Lipinski definition) is 6. The third-order valence-electron chi connectivity index (χ3n) is 4.11. The van der Waals surface area contributed by atoms with Gasteiger partial charge in [0.25, 0.3) is 0 Å². The summed E-state index contributed by atoms with van der Waals surface area (Å²) in [6.45, 7) is 4.17. The van der Waals surface area contributed by atoms with E-state index >= 15 is 0 Å². The summed E-state index contributed by atoms with van der Waals surface area (Å²) in [6.07, 6.45) is 6.99. The molecule has 3 heterocycles. The Hall–Kier alpha value is -2.28. The number of aryl methyl sites for hydroxylation is 1. The fraction of sp³-hybridized carbons (Fsp3) is 0.375. The van der Waals surface area contributed by atoms with E-state index in [4.69, 9.17) is 4.98 Å². The zero-order valence-corrected chi connectivity index (χ0v) is 13.9. The molecule has 0 aliphatic heterocycles. The maximum Gasteiger partial charge on any atom is 0.229 e. The van der Waals surface area contributed by atoms with E-state index in [9.17, 15) is 0 Å². The van der Waals surface area contributed by atoms with Gasteiger partial charge in [-0.05, 0) is 25.8 Å². The van der Waals surface area contributed by atoms with Crippen molar-refractivity contribution >= 4 is 22.4 Å². The molecule has 0 radical (unpaired) electrons. The molecule has 1 atom stereocenters. The summed E-state index contributed by atoms with van der Waals surface area (Å²) >= 11 is 1.69. The Labute approximate surface area is 138 Å². The van der Waals surface area contributed by atoms with E-state index in [0.717, 1.165) is 34.9 Å². The molecule has 0 saturated carbocycles. The van der Waals surface area contributed by atoms with E-state index in [0.29, 0.717) is 11.9 Å². The van der Waals surface area contributed by atoms with Crippen LogP contribution in [0.25, 0.3) is 11.3 Å². The van der Waals surface area contributed by atoms with Crippen LogP contribution < -0.4 is 5.32 Å². The van der Waals surface area contributed by atoms with Crippen molar-refractivity contribution in [2.45, 2.75) is 39.0 Å². The molecule has 0 aromatic carbocycles. The van der Waals surface area contributed by atoms with Crippen LogP contribution in [0.2, 0.25) is 0 Å². The summed E-state index contributed by atoms with van der Waals surface area (Å²) in [6, 6.07) is 1.88. The Morgan fingerprint density at radius 2 is 2.30 bits per heavy atom. The average molecular weight is 326 g/mol. The summed E-state index contributed by atoms with van der Waals surface area (Å²) in [5.41, 5.74) is 4.34. The molecule has 0 saturated heterocycles. The number of nitrogens with one attached hydrogen (secondary N) is 2. The van der Waals surface area contributed by atoms with Crippen LogP contribution in [0.15, 0.2) is 18.5 Å². The first-order valence-electron chi connectivity index (χ1n) is 7.84. The van der Waals surface area contributed by atoms with Crippen molar-refractivity contribution in [3.63, 3.8) is 0 Å². The summed E-state index contributed by atoms with van der Waals surface area (Å²) in [4.78, 5) is 14.7. The second-order valence-corrected chi connectivity index (χ2v) is 6.91. The minimum absolute atomic E-state index is 0.508. The normalized spacial score (nSPS) is 16.0. The molecular formula is C16H18N6S. The number of thiazole rings is 1. The Kier molecular flexibility index (Phi) is 3.57. The molecule has 1 aliphatic rings. The third-order valence-corrected chi connectivity index (χ3v) is 5.11. The molecule has 3 aromatic heterocycles. The van der Waals surface area contributed by atoms with Crippen molar-refractivity contribution in [2.24, 2.45) is 0 Å². The second-order valence-electron chi connectivity index (χ2n) is 5.82. The number of H-pyrrole nitrogens is 1. The van der Waals surface area contributed by atoms with Gasteiger partial charge in [-0.25, -0.2) is 15.0 Å². The quantitative estimate of drug-likeness (QED) is 0.762. The highest BCUT2D eigenvalue weighted by Crippen LogP contribution is 2.43. The van der Waals surface area contributed by atoms with Crippen LogP contribution in [-0.2, 0) is 6.42 Å². The summed E-state index contributed by atoms with van der Waals surface area (Å²) in [5.74, 6) is 1.10. The molecule has 23 heavy (non-hydrogen) atoms. The van der Waals surface area contributed by atoms with Gasteiger partial charge in [0.1, 0.15) is 0 Å². The van der Waals surface area contributed by atoms with Crippen LogP contribution in [-0.4, -0.2) is 25.1 Å². The van der Waals surface area contributed by atoms with Gasteiger partial charge in [-0.3, -0.25) is 5.10 Å². The van der Waals surface area contributed by atoms with Crippen molar-refractivity contribution < 1.29 is 0 Å². The maximum absolute atomic E-state index is 4.75. The van der Waals surface area contributed by atoms with Crippen LogP contribution >= 0.6 is 11.3 Å². The van der Waals surface area contributed by atoms with E-state index in [1.165, 1.54) is 17.0 Å². The zero-order valence-electron chi connectivity index (χ0n) is 13.1. The van der Waals surface area contributed by atoms with Crippen molar-refractivity contribution in [3.05, 3.63) is 34.7 Å². The van der Waals surface area contributed by atoms with Crippen molar-refractivity contribution in [3.8, 4) is 11.3 Å². The molecule has 0 amide bonds. The Morgan fingerprint density at radius 3 is 3.13 bits per heavy atom. The average Bonchev–Trinajstić information content (AvgIpc) is 3.13. The Bertz CT molecular complexity index is 837. The first kappa shape index (κ1) is 14.3. The second kappa shape index (κ2) is 5.73. The predicted octanol–water partition coefficient (Wildman–Crippen LogP) is 3.82. The number of anilines is 2. The fourth-order valence-corrected chi connectivity index (χ4v) is 4.12. The van der Waals surface area contributed by atoms with Crippen LogP contribution in [0.3, 0.4) is 0 Å². The highest BCUT2D eigenvalue weighted by molar-refractivity contribution is 7.16. The van der Waals surface area contributed by atoms with E-state index in [1.807, 2.05) is 19.2 Å². The van der Waals surface area contributed by atoms with Gasteiger partial charge in [-0.15, -0.1) is 11.3 Å². The van der Waals surface area contributed by atoms with E-state index in [2.05, 4.69) is 32.4 Å². The van der Waals surface area contributed by atoms with E-state index in [-0.39, 0.29) is 0 Å². The lowest BCUT2D eigenvalue weighted by Crippen LogP contribution is -2.09. The smallest absolute Gasteiger partial charge is 0.229 e. The minimum atomic E-state index is 0.508. The molecule has 0 bridgehead atoms. The van der Waals surface area contributed by atoms with Crippen LogP contribution in [0.5, 0.6) is 0 Å². The zero-order chi connectivity index (χ0) is 15.8. The Balaban J connectivity index is 1.67. The molecular weight excluding hydrogens is 308 g/mol. The van der Waals surface area contributed by atoms with Gasteiger partial charge in [0.2, 0.25) is 5.95 Å². The molecule has 3 aromatic rings. The maximum atomic E-state index is 4.75. The lowest BCUT2D eigenvalue weighted by molar-refractivity contribution is 0.592. The number of nitrogens with zero attached hydrogens (tertiary/aromatic N) is 4. The van der Waals surface area contributed by atoms with Gasteiger partial charge in [-0.2, -0.15) is 5.10 Å². The van der Waals surface area contributed by atoms with Crippen LogP contribution in [0, 0.1) is 6.92 Å². The molecule has 1 unspecified atom stereocenters. The highest BCUT2D eigenvalue weighted by atomic mass is 32.1. The van der Waals surface area contributed by atoms with Gasteiger partial charge < -0.3 is 5.32 Å². The van der Waals surface area contributed by atoms with Gasteiger partial charge >= 0.3 is 0 Å². The van der Waals surface area contributed by atoms with Crippen molar-refractivity contribution in [2.75, 3.05) is 5.32 Å². The van der Waals surface area contributed by atoms with Crippen LogP contribution in [0.1, 0.15) is 41.9 Å². The molecule has 7 heteroatoms. The van der Waals surface area contributed by atoms with Crippen LogP contribution in [0.4, 0.5) is 11.1 Å². The highest BCUT2D eigenvalue weighted by Gasteiger charge is 2.29. The minimum Gasteiger partial charge on any atom is -0.300 e. The standard InChI is InChI=1S/C16H18N6S/c1-3-4-10-7-12-14(11-8-18-22-13(10)11)20-16(23-12)21-15-17-6-5-9(2)19-15/h5-6,8,10H,3-4,7H2,1-2H3,(H,18,22)(H,17,19,20,21). The SMILES string of the molecule is CCCC1Cc2sc(Nc3nccc(C)n3)nc2-c2cn[nH]c21. The number of aromatic amines is 1. The van der Waals surface area contributed by atoms with Crippen molar-refractivity contribution in [1.29, 1.82) is 0 Å². The first-order valence-corrected chi connectivity index (χ1v) is 8.66. The number of aromatic nitrogens is 5. The third kappa shape index (κ3) is 2.61. The molecule has 0 spiro atoms. The summed E-state index contributed by atoms with van der Waals surface area (Å²) in [7, 11) is 0. The first-order chi connectivity index (χ1) is 11.2. The summed E-state index contributed by atoms with van der Waals surface area (Å²) in [5, 5.41) is 11.5. The molecule has 118 valence electrons. The number of rotatable bonds is 4. The molecule has 2 N–H and O–H groups in total. The van der Waals surface area contributed by atoms with E-state index < -0.39 is 0 Å². The largest absolute Gasteiger partial charge is 0.300 e. The monoisotopic (exact) mass is 326 g/mol. The molecule has 0 fully saturated rings. The number of hydrogen-bond donors (Lipinski definition) is 2.